The second-order valence-electron chi connectivity index (χ2n) is 6.96. The van der Waals surface area contributed by atoms with Crippen LogP contribution in [0.3, 0.4) is 0 Å². The Labute approximate surface area is 161 Å². The monoisotopic (exact) mass is 376 g/mol. The number of thiazole rings is 1. The fraction of sp³-hybridized carbons (Fsp3) is 0.286. The molecule has 0 bridgehead atoms. The molecule has 1 aliphatic rings. The highest BCUT2D eigenvalue weighted by Crippen LogP contribution is 2.33. The van der Waals surface area contributed by atoms with E-state index in [0.717, 1.165) is 24.2 Å². The van der Waals surface area contributed by atoms with Crippen LogP contribution >= 0.6 is 11.3 Å². The van der Waals surface area contributed by atoms with Gasteiger partial charge in [-0.05, 0) is 43.7 Å². The highest BCUT2D eigenvalue weighted by Gasteiger charge is 2.25. The third-order valence-corrected chi connectivity index (χ3v) is 6.21. The number of benzene rings is 2. The van der Waals surface area contributed by atoms with Crippen LogP contribution in [0, 0.1) is 0 Å². The number of piperidine rings is 1. The maximum absolute atomic E-state index is 5.88. The van der Waals surface area contributed by atoms with Gasteiger partial charge in [0.25, 0.3) is 0 Å². The maximum atomic E-state index is 5.88. The Morgan fingerprint density at radius 1 is 1.04 bits per heavy atom. The van der Waals surface area contributed by atoms with Crippen molar-refractivity contribution in [2.24, 2.45) is 0 Å². The zero-order chi connectivity index (χ0) is 18.1. The van der Waals surface area contributed by atoms with Gasteiger partial charge in [-0.15, -0.1) is 21.5 Å². The van der Waals surface area contributed by atoms with E-state index in [2.05, 4.69) is 39.4 Å². The van der Waals surface area contributed by atoms with E-state index in [1.54, 1.807) is 0 Å². The summed E-state index contributed by atoms with van der Waals surface area (Å²) < 4.78 is 7.16. The number of rotatable bonds is 4. The Morgan fingerprint density at radius 3 is 2.78 bits per heavy atom. The minimum atomic E-state index is 0.479. The molecular formula is C21H20N4OS. The molecule has 0 N–H and O–H groups in total. The van der Waals surface area contributed by atoms with Gasteiger partial charge in [0.05, 0.1) is 21.8 Å². The van der Waals surface area contributed by atoms with Crippen LogP contribution < -0.4 is 0 Å². The summed E-state index contributed by atoms with van der Waals surface area (Å²) in [5.74, 6) is 1.75. The lowest BCUT2D eigenvalue weighted by Crippen LogP contribution is -2.33. The molecule has 0 radical (unpaired) electrons. The Hall–Kier alpha value is -2.57. The van der Waals surface area contributed by atoms with Gasteiger partial charge < -0.3 is 4.42 Å². The first-order valence-corrected chi connectivity index (χ1v) is 10.1. The number of likely N-dealkylation sites (tertiary alicyclic amines) is 1. The van der Waals surface area contributed by atoms with E-state index in [4.69, 9.17) is 9.40 Å². The average molecular weight is 376 g/mol. The standard InChI is InChI=1S/C21H20N4OS/c1-2-7-15(8-3-1)20-24-23-19(26-20)14-25-12-6-9-16(13-25)21-22-17-10-4-5-11-18(17)27-21/h1-5,7-8,10-11,16H,6,9,12-14H2/t16-/m1/s1. The molecule has 3 heterocycles. The number of nitrogens with zero attached hydrogens (tertiary/aromatic N) is 4. The number of hydrogen-bond donors (Lipinski definition) is 0. The smallest absolute Gasteiger partial charge is 0.247 e. The minimum absolute atomic E-state index is 0.479. The second kappa shape index (κ2) is 7.21. The number of fused-ring (bicyclic) bond motifs is 1. The second-order valence-corrected chi connectivity index (χ2v) is 8.02. The summed E-state index contributed by atoms with van der Waals surface area (Å²) in [6.07, 6.45) is 2.36. The quantitative estimate of drug-likeness (QED) is 0.515. The summed E-state index contributed by atoms with van der Waals surface area (Å²) in [5, 5.41) is 9.70. The van der Waals surface area contributed by atoms with Crippen molar-refractivity contribution in [3.05, 3.63) is 65.5 Å². The molecule has 27 heavy (non-hydrogen) atoms. The van der Waals surface area contributed by atoms with Crippen molar-refractivity contribution in [3.63, 3.8) is 0 Å². The predicted octanol–water partition coefficient (Wildman–Crippen LogP) is 4.73. The van der Waals surface area contributed by atoms with Crippen LogP contribution in [0.5, 0.6) is 0 Å². The maximum Gasteiger partial charge on any atom is 0.247 e. The Morgan fingerprint density at radius 2 is 1.89 bits per heavy atom. The van der Waals surface area contributed by atoms with Crippen LogP contribution in [-0.2, 0) is 6.54 Å². The Bertz CT molecular complexity index is 1010. The summed E-state index contributed by atoms with van der Waals surface area (Å²) in [4.78, 5) is 7.27. The van der Waals surface area contributed by atoms with Crippen LogP contribution in [0.4, 0.5) is 0 Å². The van der Waals surface area contributed by atoms with E-state index in [1.165, 1.54) is 22.5 Å². The molecule has 6 heteroatoms. The number of para-hydroxylation sites is 1. The molecule has 1 aliphatic heterocycles. The highest BCUT2D eigenvalue weighted by molar-refractivity contribution is 7.18. The van der Waals surface area contributed by atoms with Gasteiger partial charge in [-0.1, -0.05) is 30.3 Å². The number of aromatic nitrogens is 3. The van der Waals surface area contributed by atoms with Crippen molar-refractivity contribution in [3.8, 4) is 11.5 Å². The van der Waals surface area contributed by atoms with Crippen molar-refractivity contribution >= 4 is 21.6 Å². The van der Waals surface area contributed by atoms with Gasteiger partial charge in [0.2, 0.25) is 11.8 Å². The molecule has 4 aromatic rings. The summed E-state index contributed by atoms with van der Waals surface area (Å²) in [5.41, 5.74) is 2.07. The van der Waals surface area contributed by atoms with E-state index in [1.807, 2.05) is 41.7 Å². The minimum Gasteiger partial charge on any atom is -0.419 e. The Kier molecular flexibility index (Phi) is 4.43. The lowest BCUT2D eigenvalue weighted by Gasteiger charge is -2.30. The van der Waals surface area contributed by atoms with Crippen molar-refractivity contribution in [2.45, 2.75) is 25.3 Å². The van der Waals surface area contributed by atoms with E-state index >= 15 is 0 Å². The highest BCUT2D eigenvalue weighted by atomic mass is 32.1. The van der Waals surface area contributed by atoms with E-state index < -0.39 is 0 Å². The summed E-state index contributed by atoms with van der Waals surface area (Å²) in [7, 11) is 0. The molecule has 1 atom stereocenters. The van der Waals surface area contributed by atoms with E-state index in [9.17, 15) is 0 Å². The molecule has 0 amide bonds. The number of hydrogen-bond acceptors (Lipinski definition) is 6. The summed E-state index contributed by atoms with van der Waals surface area (Å²) in [6.45, 7) is 2.74. The van der Waals surface area contributed by atoms with Crippen LogP contribution in [0.15, 0.2) is 59.0 Å². The van der Waals surface area contributed by atoms with Gasteiger partial charge in [-0.3, -0.25) is 4.90 Å². The van der Waals surface area contributed by atoms with Crippen molar-refractivity contribution in [2.75, 3.05) is 13.1 Å². The molecule has 1 saturated heterocycles. The topological polar surface area (TPSA) is 55.1 Å². The van der Waals surface area contributed by atoms with Gasteiger partial charge in [-0.2, -0.15) is 0 Å². The first-order chi connectivity index (χ1) is 13.3. The van der Waals surface area contributed by atoms with Gasteiger partial charge in [0, 0.05) is 18.0 Å². The van der Waals surface area contributed by atoms with Crippen molar-refractivity contribution in [1.82, 2.24) is 20.1 Å². The summed E-state index contributed by atoms with van der Waals surface area (Å²) in [6, 6.07) is 18.3. The van der Waals surface area contributed by atoms with Crippen molar-refractivity contribution < 1.29 is 4.42 Å². The molecular weight excluding hydrogens is 356 g/mol. The predicted molar refractivity (Wildman–Crippen MR) is 107 cm³/mol. The molecule has 2 aromatic carbocycles. The third-order valence-electron chi connectivity index (χ3n) is 5.01. The van der Waals surface area contributed by atoms with E-state index in [-0.39, 0.29) is 0 Å². The normalized spacial score (nSPS) is 18.1. The zero-order valence-corrected chi connectivity index (χ0v) is 15.7. The van der Waals surface area contributed by atoms with Crippen LogP contribution in [0.25, 0.3) is 21.7 Å². The van der Waals surface area contributed by atoms with Crippen LogP contribution in [0.2, 0.25) is 0 Å². The van der Waals surface area contributed by atoms with Crippen LogP contribution in [0.1, 0.15) is 29.7 Å². The zero-order valence-electron chi connectivity index (χ0n) is 14.9. The van der Waals surface area contributed by atoms with Gasteiger partial charge >= 0.3 is 0 Å². The lowest BCUT2D eigenvalue weighted by molar-refractivity contribution is 0.184. The third kappa shape index (κ3) is 3.50. The largest absolute Gasteiger partial charge is 0.419 e. The van der Waals surface area contributed by atoms with Gasteiger partial charge in [0.15, 0.2) is 0 Å². The SMILES string of the molecule is c1ccc(-c2nnc(CN3CCC[C@@H](c4nc5ccccc5s4)C3)o2)cc1. The molecule has 0 saturated carbocycles. The fourth-order valence-electron chi connectivity index (χ4n) is 3.67. The molecule has 0 aliphatic carbocycles. The fourth-order valence-corrected chi connectivity index (χ4v) is 4.76. The first-order valence-electron chi connectivity index (χ1n) is 9.31. The lowest BCUT2D eigenvalue weighted by atomic mass is 9.99. The first kappa shape index (κ1) is 16.6. The molecule has 2 aromatic heterocycles. The summed E-state index contributed by atoms with van der Waals surface area (Å²) >= 11 is 1.82. The van der Waals surface area contributed by atoms with E-state index in [0.29, 0.717) is 24.2 Å². The van der Waals surface area contributed by atoms with Crippen molar-refractivity contribution in [1.29, 1.82) is 0 Å². The molecule has 0 unspecified atom stereocenters. The average Bonchev–Trinajstić information content (AvgIpc) is 3.36. The molecule has 0 spiro atoms. The Balaban J connectivity index is 1.29. The van der Waals surface area contributed by atoms with Crippen LogP contribution in [-0.4, -0.2) is 33.2 Å². The van der Waals surface area contributed by atoms with Gasteiger partial charge in [-0.25, -0.2) is 4.98 Å². The molecule has 1 fully saturated rings. The molecule has 5 nitrogen and oxygen atoms in total. The van der Waals surface area contributed by atoms with Gasteiger partial charge in [0.1, 0.15) is 0 Å². The molecule has 5 rings (SSSR count). The molecule has 136 valence electrons.